The fourth-order valence-corrected chi connectivity index (χ4v) is 6.00. The Hall–Kier alpha value is -2.17. The van der Waals surface area contributed by atoms with Gasteiger partial charge in [-0.3, -0.25) is 9.36 Å². The molecule has 0 aliphatic carbocycles. The van der Waals surface area contributed by atoms with E-state index in [2.05, 4.69) is 59.2 Å². The van der Waals surface area contributed by atoms with Crippen molar-refractivity contribution in [2.24, 2.45) is 0 Å². The number of methoxy groups -OCH3 is 1. The van der Waals surface area contributed by atoms with Crippen LogP contribution >= 0.6 is 34.4 Å². The van der Waals surface area contributed by atoms with Gasteiger partial charge in [0.25, 0.3) is 0 Å². The number of carbonyl (C=O) groups excluding carboxylic acids is 2. The molecule has 1 amide bonds. The molecule has 0 spiro atoms. The average molecular weight is 493 g/mol. The molecule has 0 unspecified atom stereocenters. The fourth-order valence-electron chi connectivity index (χ4n) is 3.17. The number of carbonyl (C=O) groups is 2. The summed E-state index contributed by atoms with van der Waals surface area (Å²) in [4.78, 5) is 27.1. The maximum atomic E-state index is 12.7. The summed E-state index contributed by atoms with van der Waals surface area (Å²) in [5.74, 6) is 0.765. The molecule has 3 aromatic rings. The van der Waals surface area contributed by atoms with Crippen molar-refractivity contribution in [1.29, 1.82) is 0 Å². The Morgan fingerprint density at radius 2 is 1.94 bits per heavy atom. The van der Waals surface area contributed by atoms with Crippen molar-refractivity contribution in [1.82, 2.24) is 14.8 Å². The van der Waals surface area contributed by atoms with Crippen molar-refractivity contribution < 1.29 is 14.3 Å². The molecule has 3 aromatic heterocycles. The van der Waals surface area contributed by atoms with Gasteiger partial charge in [-0.25, -0.2) is 4.79 Å². The van der Waals surface area contributed by atoms with Crippen molar-refractivity contribution in [3.8, 4) is 11.4 Å². The first kappa shape index (κ1) is 24.5. The van der Waals surface area contributed by atoms with Gasteiger partial charge in [-0.1, -0.05) is 25.6 Å². The molecule has 0 aliphatic rings. The monoisotopic (exact) mass is 492 g/mol. The molecule has 0 radical (unpaired) electrons. The van der Waals surface area contributed by atoms with Crippen LogP contribution < -0.4 is 5.32 Å². The molecule has 7 nitrogen and oxygen atoms in total. The Labute approximate surface area is 200 Å². The third-order valence-corrected chi connectivity index (χ3v) is 8.29. The van der Waals surface area contributed by atoms with E-state index in [1.807, 2.05) is 13.8 Å². The van der Waals surface area contributed by atoms with Crippen LogP contribution in [-0.4, -0.2) is 39.5 Å². The van der Waals surface area contributed by atoms with Crippen LogP contribution in [0.25, 0.3) is 11.4 Å². The number of nitrogens with one attached hydrogen (secondary N) is 1. The van der Waals surface area contributed by atoms with Crippen molar-refractivity contribution in [2.75, 3.05) is 18.2 Å². The van der Waals surface area contributed by atoms with E-state index in [0.717, 1.165) is 21.8 Å². The highest BCUT2D eigenvalue weighted by Crippen LogP contribution is 2.34. The van der Waals surface area contributed by atoms with Crippen molar-refractivity contribution in [2.45, 2.75) is 58.7 Å². The van der Waals surface area contributed by atoms with E-state index in [0.29, 0.717) is 21.6 Å². The number of aryl methyl sites for hydroxylation is 1. The molecular weight excluding hydrogens is 464 g/mol. The first-order chi connectivity index (χ1) is 15.1. The van der Waals surface area contributed by atoms with Crippen LogP contribution in [0.5, 0.6) is 0 Å². The van der Waals surface area contributed by atoms with Gasteiger partial charge in [0.05, 0.1) is 18.4 Å². The maximum absolute atomic E-state index is 12.7. The molecule has 10 heteroatoms. The minimum atomic E-state index is -0.449. The Bertz CT molecular complexity index is 1130. The molecule has 0 atom stereocenters. The van der Waals surface area contributed by atoms with Crippen molar-refractivity contribution >= 4 is 51.3 Å². The predicted octanol–water partition coefficient (Wildman–Crippen LogP) is 5.91. The summed E-state index contributed by atoms with van der Waals surface area (Å²) in [7, 11) is 1.34. The van der Waals surface area contributed by atoms with Crippen LogP contribution in [0.15, 0.2) is 16.6 Å². The molecule has 0 fully saturated rings. The summed E-state index contributed by atoms with van der Waals surface area (Å²) in [6.07, 6.45) is 0. The predicted molar refractivity (Wildman–Crippen MR) is 132 cm³/mol. The van der Waals surface area contributed by atoms with Gasteiger partial charge in [-0.15, -0.1) is 32.9 Å². The molecule has 3 heterocycles. The SMILES string of the molecule is COC(=O)c1c(NC(=O)CSc2nnc(-c3csc(C(C)C)c3)n2C(C)C)sc(C)c1C. The lowest BCUT2D eigenvalue weighted by Gasteiger charge is -2.13. The van der Waals surface area contributed by atoms with Gasteiger partial charge in [0.1, 0.15) is 5.00 Å². The van der Waals surface area contributed by atoms with Crippen LogP contribution in [0.4, 0.5) is 5.00 Å². The number of thiophene rings is 2. The number of thioether (sulfide) groups is 1. The molecule has 0 aliphatic heterocycles. The highest BCUT2D eigenvalue weighted by atomic mass is 32.2. The minimum absolute atomic E-state index is 0.140. The minimum Gasteiger partial charge on any atom is -0.465 e. The number of esters is 1. The number of nitrogens with zero attached hydrogens (tertiary/aromatic N) is 3. The second kappa shape index (κ2) is 10.2. The Kier molecular flexibility index (Phi) is 7.79. The maximum Gasteiger partial charge on any atom is 0.341 e. The number of anilines is 1. The van der Waals surface area contributed by atoms with Crippen LogP contribution in [0.2, 0.25) is 0 Å². The zero-order valence-corrected chi connectivity index (χ0v) is 21.8. The first-order valence-corrected chi connectivity index (χ1v) is 13.0. The first-order valence-electron chi connectivity index (χ1n) is 10.3. The largest absolute Gasteiger partial charge is 0.465 e. The number of amides is 1. The van der Waals surface area contributed by atoms with Crippen LogP contribution in [0.3, 0.4) is 0 Å². The Morgan fingerprint density at radius 1 is 1.22 bits per heavy atom. The number of rotatable bonds is 8. The highest BCUT2D eigenvalue weighted by molar-refractivity contribution is 7.99. The van der Waals surface area contributed by atoms with E-state index in [-0.39, 0.29) is 17.7 Å². The third-order valence-electron chi connectivity index (χ3n) is 4.99. The quantitative estimate of drug-likeness (QED) is 0.311. The zero-order chi connectivity index (χ0) is 23.6. The summed E-state index contributed by atoms with van der Waals surface area (Å²) < 4.78 is 6.93. The number of aromatic nitrogens is 3. The molecule has 32 heavy (non-hydrogen) atoms. The third kappa shape index (κ3) is 5.07. The Balaban J connectivity index is 1.76. The van der Waals surface area contributed by atoms with E-state index in [1.165, 1.54) is 35.1 Å². The molecule has 1 N–H and O–H groups in total. The van der Waals surface area contributed by atoms with Crippen molar-refractivity contribution in [3.63, 3.8) is 0 Å². The number of ether oxygens (including phenoxy) is 1. The van der Waals surface area contributed by atoms with Gasteiger partial charge < -0.3 is 10.1 Å². The van der Waals surface area contributed by atoms with Gasteiger partial charge in [-0.2, -0.15) is 0 Å². The van der Waals surface area contributed by atoms with Gasteiger partial charge in [0.15, 0.2) is 11.0 Å². The van der Waals surface area contributed by atoms with Gasteiger partial charge in [-0.05, 0) is 45.2 Å². The summed E-state index contributed by atoms with van der Waals surface area (Å²) >= 11 is 4.43. The second-order valence-electron chi connectivity index (χ2n) is 7.98. The van der Waals surface area contributed by atoms with Crippen LogP contribution in [0, 0.1) is 13.8 Å². The smallest absolute Gasteiger partial charge is 0.341 e. The summed E-state index contributed by atoms with van der Waals surface area (Å²) in [5.41, 5.74) is 2.29. The van der Waals surface area contributed by atoms with E-state index in [1.54, 1.807) is 11.3 Å². The molecule has 0 saturated heterocycles. The lowest BCUT2D eigenvalue weighted by atomic mass is 10.1. The van der Waals surface area contributed by atoms with Gasteiger partial charge in [0, 0.05) is 26.7 Å². The molecule has 0 bridgehead atoms. The van der Waals surface area contributed by atoms with E-state index >= 15 is 0 Å². The van der Waals surface area contributed by atoms with Crippen LogP contribution in [0.1, 0.15) is 65.3 Å². The van der Waals surface area contributed by atoms with Gasteiger partial charge >= 0.3 is 5.97 Å². The highest BCUT2D eigenvalue weighted by Gasteiger charge is 2.23. The second-order valence-corrected chi connectivity index (χ2v) is 11.1. The summed E-state index contributed by atoms with van der Waals surface area (Å²) in [6.45, 7) is 12.3. The fraction of sp³-hybridized carbons (Fsp3) is 0.455. The lowest BCUT2D eigenvalue weighted by molar-refractivity contribution is -0.113. The normalized spacial score (nSPS) is 11.4. The molecular formula is C22H28N4O3S3. The average Bonchev–Trinajstić information content (AvgIpc) is 3.44. The molecule has 0 aromatic carbocycles. The van der Waals surface area contributed by atoms with Gasteiger partial charge in [0.2, 0.25) is 5.91 Å². The number of hydrogen-bond donors (Lipinski definition) is 1. The lowest BCUT2D eigenvalue weighted by Crippen LogP contribution is -2.16. The molecule has 0 saturated carbocycles. The number of hydrogen-bond acceptors (Lipinski definition) is 8. The molecule has 3 rings (SSSR count). The topological polar surface area (TPSA) is 86.1 Å². The van der Waals surface area contributed by atoms with E-state index < -0.39 is 5.97 Å². The van der Waals surface area contributed by atoms with Crippen molar-refractivity contribution in [3.05, 3.63) is 32.3 Å². The standard InChI is InChI=1S/C22H28N4O3S3/c1-11(2)16-8-15(9-30-16)19-24-25-22(26(19)12(3)4)31-10-17(27)23-20-18(21(28)29-7)13(5)14(6)32-20/h8-9,11-12H,10H2,1-7H3,(H,23,27). The van der Waals surface area contributed by atoms with Crippen LogP contribution in [-0.2, 0) is 9.53 Å². The summed E-state index contributed by atoms with van der Waals surface area (Å²) in [6, 6.07) is 2.30. The van der Waals surface area contributed by atoms with E-state index in [4.69, 9.17) is 4.74 Å². The zero-order valence-electron chi connectivity index (χ0n) is 19.3. The van der Waals surface area contributed by atoms with E-state index in [9.17, 15) is 9.59 Å². The molecule has 172 valence electrons. The Morgan fingerprint density at radius 3 is 2.53 bits per heavy atom. The summed E-state index contributed by atoms with van der Waals surface area (Å²) in [5, 5.41) is 14.9.